The molecule has 0 amide bonds. The minimum atomic E-state index is -0.799. The summed E-state index contributed by atoms with van der Waals surface area (Å²) >= 11 is 0. The first-order valence-corrected chi connectivity index (χ1v) is 8.60. The number of carbonyl (C=O) groups excluding carboxylic acids is 3. The Balaban J connectivity index is 1.49. The van der Waals surface area contributed by atoms with E-state index in [9.17, 15) is 14.4 Å². The van der Waals surface area contributed by atoms with Crippen LogP contribution in [-0.4, -0.2) is 29.9 Å². The summed E-state index contributed by atoms with van der Waals surface area (Å²) in [5.41, 5.74) is 0.533. The highest BCUT2D eigenvalue weighted by Crippen LogP contribution is 2.58. The Morgan fingerprint density at radius 3 is 2.71 bits per heavy atom. The summed E-state index contributed by atoms with van der Waals surface area (Å²) in [7, 11) is 0. The van der Waals surface area contributed by atoms with Crippen molar-refractivity contribution in [3.63, 3.8) is 0 Å². The molecule has 3 aliphatic rings. The molecule has 1 saturated heterocycles. The van der Waals surface area contributed by atoms with E-state index in [2.05, 4.69) is 0 Å². The van der Waals surface area contributed by atoms with Crippen LogP contribution in [-0.2, 0) is 19.1 Å². The van der Waals surface area contributed by atoms with Gasteiger partial charge in [0.25, 0.3) is 0 Å². The predicted molar refractivity (Wildman–Crippen MR) is 84.0 cm³/mol. The summed E-state index contributed by atoms with van der Waals surface area (Å²) in [6, 6.07) is 8.84. The van der Waals surface area contributed by atoms with E-state index in [1.165, 1.54) is 0 Å². The monoisotopic (exact) mass is 328 g/mol. The third kappa shape index (κ3) is 2.26. The van der Waals surface area contributed by atoms with Crippen LogP contribution in [0.5, 0.6) is 0 Å². The fraction of sp³-hybridized carbons (Fsp3) is 0.526. The van der Waals surface area contributed by atoms with Gasteiger partial charge in [0.15, 0.2) is 6.10 Å². The number of Topliss-reactive ketones (excluding diaryl/α,β-unsaturated/α-hetero) is 1. The highest BCUT2D eigenvalue weighted by Gasteiger charge is 2.64. The van der Waals surface area contributed by atoms with Gasteiger partial charge in [-0.15, -0.1) is 0 Å². The summed E-state index contributed by atoms with van der Waals surface area (Å²) in [5, 5.41) is 0. The number of carbonyl (C=O) groups is 3. The van der Waals surface area contributed by atoms with Gasteiger partial charge in [-0.2, -0.15) is 0 Å². The van der Waals surface area contributed by atoms with Gasteiger partial charge in [-0.25, -0.2) is 0 Å². The van der Waals surface area contributed by atoms with Crippen molar-refractivity contribution in [1.29, 1.82) is 0 Å². The molecule has 126 valence electrons. The Morgan fingerprint density at radius 1 is 1.25 bits per heavy atom. The van der Waals surface area contributed by atoms with Crippen molar-refractivity contribution in [2.75, 3.05) is 0 Å². The molecular formula is C19H20O5. The number of benzene rings is 1. The number of fused-ring (bicyclic) bond motifs is 1. The Hall–Kier alpha value is -2.17. The van der Waals surface area contributed by atoms with Crippen molar-refractivity contribution in [2.24, 2.45) is 23.7 Å². The lowest BCUT2D eigenvalue weighted by Gasteiger charge is -2.25. The third-order valence-electron chi connectivity index (χ3n) is 5.74. The molecule has 0 unspecified atom stereocenters. The van der Waals surface area contributed by atoms with Crippen molar-refractivity contribution in [3.8, 4) is 0 Å². The average molecular weight is 328 g/mol. The SMILES string of the molecule is CC[C@H](OC(=O)[C@@H]1[C@@H]2C[C@@H]3[C@@H]1C(=O)O[C@@H]3C2)C(=O)c1ccccc1. The lowest BCUT2D eigenvalue weighted by molar-refractivity contribution is -0.158. The van der Waals surface area contributed by atoms with Crippen LogP contribution >= 0.6 is 0 Å². The van der Waals surface area contributed by atoms with Crippen LogP contribution in [0.25, 0.3) is 0 Å². The number of hydrogen-bond acceptors (Lipinski definition) is 5. The fourth-order valence-corrected chi connectivity index (χ4v) is 4.65. The molecule has 0 N–H and O–H groups in total. The second kappa shape index (κ2) is 5.72. The zero-order valence-corrected chi connectivity index (χ0v) is 13.5. The Bertz CT molecular complexity index is 680. The molecule has 1 aromatic carbocycles. The minimum Gasteiger partial charge on any atom is -0.462 e. The molecule has 0 spiro atoms. The van der Waals surface area contributed by atoms with Crippen molar-refractivity contribution < 1.29 is 23.9 Å². The van der Waals surface area contributed by atoms with Crippen molar-refractivity contribution in [2.45, 2.75) is 38.4 Å². The molecule has 0 aromatic heterocycles. The summed E-state index contributed by atoms with van der Waals surface area (Å²) in [6.07, 6.45) is 1.20. The van der Waals surface area contributed by atoms with Crippen LogP contribution in [0.3, 0.4) is 0 Å². The lowest BCUT2D eigenvalue weighted by atomic mass is 9.80. The van der Waals surface area contributed by atoms with Gasteiger partial charge in [-0.1, -0.05) is 37.3 Å². The van der Waals surface area contributed by atoms with Crippen molar-refractivity contribution >= 4 is 17.7 Å². The van der Waals surface area contributed by atoms with E-state index in [0.717, 1.165) is 12.8 Å². The highest BCUT2D eigenvalue weighted by molar-refractivity contribution is 6.00. The zero-order valence-electron chi connectivity index (χ0n) is 13.5. The highest BCUT2D eigenvalue weighted by atomic mass is 16.6. The maximum absolute atomic E-state index is 12.7. The van der Waals surface area contributed by atoms with Crippen LogP contribution in [0.1, 0.15) is 36.5 Å². The summed E-state index contributed by atoms with van der Waals surface area (Å²) in [6.45, 7) is 1.82. The first-order valence-electron chi connectivity index (χ1n) is 8.60. The molecule has 2 saturated carbocycles. The average Bonchev–Trinajstić information content (AvgIpc) is 3.21. The second-order valence-electron chi connectivity index (χ2n) is 6.99. The van der Waals surface area contributed by atoms with Crippen LogP contribution in [0.4, 0.5) is 0 Å². The molecule has 5 heteroatoms. The van der Waals surface area contributed by atoms with Crippen molar-refractivity contribution in [1.82, 2.24) is 0 Å². The van der Waals surface area contributed by atoms with Gasteiger partial charge in [0.05, 0.1) is 11.8 Å². The maximum Gasteiger partial charge on any atom is 0.310 e. The van der Waals surface area contributed by atoms with E-state index >= 15 is 0 Å². The molecule has 6 atom stereocenters. The number of hydrogen-bond donors (Lipinski definition) is 0. The molecular weight excluding hydrogens is 308 g/mol. The first-order chi connectivity index (χ1) is 11.6. The number of esters is 2. The maximum atomic E-state index is 12.7. The van der Waals surface area contributed by atoms with Gasteiger partial charge in [-0.05, 0) is 25.2 Å². The summed E-state index contributed by atoms with van der Waals surface area (Å²) in [5.74, 6) is -1.39. The van der Waals surface area contributed by atoms with E-state index in [-0.39, 0.29) is 35.6 Å². The Kier molecular flexibility index (Phi) is 3.66. The van der Waals surface area contributed by atoms with Gasteiger partial charge in [0.2, 0.25) is 5.78 Å². The lowest BCUT2D eigenvalue weighted by Crippen LogP contribution is -2.37. The molecule has 1 aliphatic heterocycles. The smallest absolute Gasteiger partial charge is 0.310 e. The number of rotatable bonds is 5. The normalized spacial score (nSPS) is 34.0. The van der Waals surface area contributed by atoms with E-state index in [1.807, 2.05) is 13.0 Å². The molecule has 1 aromatic rings. The molecule has 24 heavy (non-hydrogen) atoms. The van der Waals surface area contributed by atoms with Gasteiger partial charge in [0, 0.05) is 11.5 Å². The zero-order chi connectivity index (χ0) is 16.8. The number of ether oxygens (including phenoxy) is 2. The molecule has 0 radical (unpaired) electrons. The van der Waals surface area contributed by atoms with Gasteiger partial charge in [0.1, 0.15) is 6.10 Å². The summed E-state index contributed by atoms with van der Waals surface area (Å²) < 4.78 is 10.9. The molecule has 4 rings (SSSR count). The molecule has 1 heterocycles. The first kappa shape index (κ1) is 15.4. The van der Waals surface area contributed by atoms with E-state index < -0.39 is 18.0 Å². The largest absolute Gasteiger partial charge is 0.462 e. The van der Waals surface area contributed by atoms with Crippen LogP contribution < -0.4 is 0 Å². The molecule has 3 fully saturated rings. The quantitative estimate of drug-likeness (QED) is 0.613. The van der Waals surface area contributed by atoms with Gasteiger partial charge in [-0.3, -0.25) is 14.4 Å². The van der Waals surface area contributed by atoms with Crippen LogP contribution in [0.2, 0.25) is 0 Å². The van der Waals surface area contributed by atoms with E-state index in [1.54, 1.807) is 24.3 Å². The van der Waals surface area contributed by atoms with E-state index in [4.69, 9.17) is 9.47 Å². The van der Waals surface area contributed by atoms with Gasteiger partial charge < -0.3 is 9.47 Å². The molecule has 5 nitrogen and oxygen atoms in total. The van der Waals surface area contributed by atoms with Gasteiger partial charge >= 0.3 is 11.9 Å². The Labute approximate surface area is 140 Å². The molecule has 2 bridgehead atoms. The topological polar surface area (TPSA) is 69.7 Å². The fourth-order valence-electron chi connectivity index (χ4n) is 4.65. The minimum absolute atomic E-state index is 0.00975. The third-order valence-corrected chi connectivity index (χ3v) is 5.74. The summed E-state index contributed by atoms with van der Waals surface area (Å²) in [4.78, 5) is 37.3. The van der Waals surface area contributed by atoms with E-state index in [0.29, 0.717) is 12.0 Å². The second-order valence-corrected chi connectivity index (χ2v) is 6.99. The Morgan fingerprint density at radius 2 is 2.00 bits per heavy atom. The van der Waals surface area contributed by atoms with Crippen LogP contribution in [0.15, 0.2) is 30.3 Å². The standard InChI is InChI=1S/C19H20O5/c1-2-13(17(20)10-6-4-3-5-7-10)23-18(21)15-11-8-12-14(9-11)24-19(22)16(12)15/h3-7,11-16H,2,8-9H2,1H3/t11-,12+,13+,14-,15-,16+/m1/s1. The van der Waals surface area contributed by atoms with Crippen LogP contribution in [0, 0.1) is 23.7 Å². The predicted octanol–water partition coefficient (Wildman–Crippen LogP) is 2.39. The number of ketones is 1. The molecule has 2 aliphatic carbocycles. The van der Waals surface area contributed by atoms with Crippen molar-refractivity contribution in [3.05, 3.63) is 35.9 Å².